The predicted octanol–water partition coefficient (Wildman–Crippen LogP) is -0.252. The molecule has 1 nitrogen and oxygen atoms in total. The number of hydrogen-bond acceptors (Lipinski definition) is 0. The first-order valence-corrected chi connectivity index (χ1v) is 0. The van der Waals surface area contributed by atoms with Gasteiger partial charge in [0.2, 0.25) is 0 Å². The summed E-state index contributed by atoms with van der Waals surface area (Å²) in [6.07, 6.45) is 0. The molecule has 0 amide bonds. The molecule has 0 aliphatic heterocycles. The van der Waals surface area contributed by atoms with Gasteiger partial charge in [0.05, 0.1) is 0 Å². The van der Waals surface area contributed by atoms with Crippen LogP contribution in [0.2, 0.25) is 0 Å². The minimum Gasteiger partial charge on any atom is -0.412 e. The van der Waals surface area contributed by atoms with Crippen molar-refractivity contribution in [3.63, 3.8) is 0 Å². The molecule has 0 saturated heterocycles. The molecular formula is H3BrOTiZr. The Balaban J connectivity index is 0. The van der Waals surface area contributed by atoms with E-state index in [1.165, 1.54) is 0 Å². The van der Waals surface area contributed by atoms with Crippen LogP contribution in [-0.2, 0) is 47.9 Å². The zero-order valence-electron chi connectivity index (χ0n) is 1.91. The maximum Gasteiger partial charge on any atom is 0 e. The second kappa shape index (κ2) is 19.8. The van der Waals surface area contributed by atoms with Crippen LogP contribution >= 0.6 is 17.0 Å². The maximum absolute atomic E-state index is 0. The van der Waals surface area contributed by atoms with Gasteiger partial charge >= 0.3 is 0 Å². The van der Waals surface area contributed by atoms with Crippen LogP contribution in [0, 0.1) is 0 Å². The van der Waals surface area contributed by atoms with E-state index < -0.39 is 0 Å². The van der Waals surface area contributed by atoms with Crippen molar-refractivity contribution in [2.75, 3.05) is 0 Å². The van der Waals surface area contributed by atoms with Crippen molar-refractivity contribution in [2.24, 2.45) is 0 Å². The summed E-state index contributed by atoms with van der Waals surface area (Å²) in [7, 11) is 0. The summed E-state index contributed by atoms with van der Waals surface area (Å²) in [5, 5.41) is 0. The fourth-order valence-corrected chi connectivity index (χ4v) is 0. The Bertz CT molecular complexity index is 8.00. The van der Waals surface area contributed by atoms with Gasteiger partial charge in [-0.05, 0) is 0 Å². The van der Waals surface area contributed by atoms with Crippen molar-refractivity contribution in [1.82, 2.24) is 0 Å². The molecule has 0 radical (unpaired) electrons. The summed E-state index contributed by atoms with van der Waals surface area (Å²) in [6.45, 7) is 0. The van der Waals surface area contributed by atoms with Crippen LogP contribution in [0.5, 0.6) is 0 Å². The molecule has 0 aromatic heterocycles. The first kappa shape index (κ1) is 36.9. The Morgan fingerprint density at radius 1 is 1.00 bits per heavy atom. The molecule has 0 atom stereocenters. The van der Waals surface area contributed by atoms with Crippen LogP contribution in [-0.4, -0.2) is 5.48 Å². The number of hydrogen-bond donors (Lipinski definition) is 0. The molecule has 0 aliphatic rings. The molecule has 0 spiro atoms. The van der Waals surface area contributed by atoms with Gasteiger partial charge in [0.15, 0.2) is 0 Å². The Kier molecular flexibility index (Phi) is 183. The van der Waals surface area contributed by atoms with Gasteiger partial charge in [-0.1, -0.05) is 0 Å². The number of halogens is 1. The average Bonchev–Trinajstić information content (AvgIpc) is 0. The van der Waals surface area contributed by atoms with Gasteiger partial charge in [-0.15, -0.1) is 17.0 Å². The van der Waals surface area contributed by atoms with Crippen LogP contribution in [0.4, 0.5) is 0 Å². The molecular weight excluding hydrogens is 235 g/mol. The zero-order chi connectivity index (χ0) is 0. The monoisotopic (exact) mass is 236 g/mol. The fourth-order valence-electron chi connectivity index (χ4n) is 0. The standard InChI is InChI=1S/BrH.H2O.Ti.Zr/h1H;1H2;;. The van der Waals surface area contributed by atoms with E-state index in [2.05, 4.69) is 0 Å². The first-order valence-electron chi connectivity index (χ1n) is 0. The van der Waals surface area contributed by atoms with Crippen LogP contribution in [0.3, 0.4) is 0 Å². The topological polar surface area (TPSA) is 31.5 Å². The van der Waals surface area contributed by atoms with Crippen LogP contribution in [0.25, 0.3) is 0 Å². The summed E-state index contributed by atoms with van der Waals surface area (Å²) in [6, 6.07) is 0. The molecule has 0 fully saturated rings. The van der Waals surface area contributed by atoms with Crippen molar-refractivity contribution >= 4 is 17.0 Å². The second-order valence-corrected chi connectivity index (χ2v) is 0. The van der Waals surface area contributed by atoms with Crippen molar-refractivity contribution in [1.29, 1.82) is 0 Å². The molecule has 0 aliphatic carbocycles. The van der Waals surface area contributed by atoms with Gasteiger partial charge in [0.25, 0.3) is 0 Å². The van der Waals surface area contributed by atoms with E-state index in [1.54, 1.807) is 0 Å². The van der Waals surface area contributed by atoms with Crippen LogP contribution in [0.1, 0.15) is 0 Å². The van der Waals surface area contributed by atoms with Crippen molar-refractivity contribution in [3.05, 3.63) is 0 Å². The summed E-state index contributed by atoms with van der Waals surface area (Å²) in [5.41, 5.74) is 0. The third-order valence-corrected chi connectivity index (χ3v) is 0. The zero-order valence-corrected chi connectivity index (χ0v) is 7.64. The summed E-state index contributed by atoms with van der Waals surface area (Å²) < 4.78 is 0. The van der Waals surface area contributed by atoms with Gasteiger partial charge in [0.1, 0.15) is 0 Å². The number of rotatable bonds is 0. The van der Waals surface area contributed by atoms with Gasteiger partial charge < -0.3 is 5.48 Å². The normalized spacial score (nSPS) is 0. The maximum atomic E-state index is 0. The summed E-state index contributed by atoms with van der Waals surface area (Å²) in [5.74, 6) is 0. The average molecular weight is 238 g/mol. The quantitative estimate of drug-likeness (QED) is 0.521. The van der Waals surface area contributed by atoms with Crippen molar-refractivity contribution in [2.45, 2.75) is 0 Å². The third kappa shape index (κ3) is 8.97. The van der Waals surface area contributed by atoms with Crippen molar-refractivity contribution < 1.29 is 53.4 Å². The molecule has 0 rings (SSSR count). The van der Waals surface area contributed by atoms with Crippen LogP contribution in [0.15, 0.2) is 0 Å². The van der Waals surface area contributed by atoms with Gasteiger partial charge in [0, 0.05) is 47.9 Å². The van der Waals surface area contributed by atoms with E-state index in [-0.39, 0.29) is 70.4 Å². The van der Waals surface area contributed by atoms with E-state index in [0.29, 0.717) is 0 Å². The van der Waals surface area contributed by atoms with Gasteiger partial charge in [-0.3, -0.25) is 0 Å². The van der Waals surface area contributed by atoms with Gasteiger partial charge in [-0.2, -0.15) is 0 Å². The predicted molar refractivity (Wildman–Crippen MR) is 13.9 cm³/mol. The fraction of sp³-hybridized carbons (Fsp3) is 0. The Labute approximate surface area is 69.6 Å². The Hall–Kier alpha value is 2.04. The molecule has 24 valence electrons. The Morgan fingerprint density at radius 2 is 1.00 bits per heavy atom. The molecule has 0 saturated carbocycles. The van der Waals surface area contributed by atoms with Crippen molar-refractivity contribution in [3.8, 4) is 0 Å². The van der Waals surface area contributed by atoms with E-state index in [1.807, 2.05) is 0 Å². The summed E-state index contributed by atoms with van der Waals surface area (Å²) in [4.78, 5) is 0. The van der Waals surface area contributed by atoms with E-state index in [4.69, 9.17) is 0 Å². The van der Waals surface area contributed by atoms with E-state index >= 15 is 0 Å². The first-order chi connectivity index (χ1) is 0. The molecule has 0 aromatic rings. The molecule has 4 heavy (non-hydrogen) atoms. The minimum atomic E-state index is 0. The smallest absolute Gasteiger partial charge is 0 e. The third-order valence-electron chi connectivity index (χ3n) is 0. The van der Waals surface area contributed by atoms with E-state index in [9.17, 15) is 0 Å². The Morgan fingerprint density at radius 3 is 1.00 bits per heavy atom. The molecule has 4 heteroatoms. The largest absolute Gasteiger partial charge is 0.412 e. The minimum absolute atomic E-state index is 0. The molecule has 2 N–H and O–H groups in total. The summed E-state index contributed by atoms with van der Waals surface area (Å²) >= 11 is 0. The van der Waals surface area contributed by atoms with Crippen LogP contribution < -0.4 is 0 Å². The van der Waals surface area contributed by atoms with Gasteiger partial charge in [-0.25, -0.2) is 0 Å². The van der Waals surface area contributed by atoms with E-state index in [0.717, 1.165) is 0 Å². The molecule has 0 aromatic carbocycles. The molecule has 0 unspecified atom stereocenters. The SMILES string of the molecule is Br.O.[Ti].[Zr]. The molecule has 0 heterocycles. The molecule has 0 bridgehead atoms. The second-order valence-electron chi connectivity index (χ2n) is 0.